The summed E-state index contributed by atoms with van der Waals surface area (Å²) in [5, 5.41) is 9.88. The Labute approximate surface area is 161 Å². The monoisotopic (exact) mass is 363 g/mol. The number of hydrogen-bond donors (Lipinski definition) is 0. The summed E-state index contributed by atoms with van der Waals surface area (Å²) < 4.78 is 2.16. The van der Waals surface area contributed by atoms with Crippen molar-refractivity contribution in [1.29, 1.82) is 5.26 Å². The number of hydrogen-bond acceptors (Lipinski definition) is 2. The van der Waals surface area contributed by atoms with E-state index in [9.17, 15) is 4.79 Å². The highest BCUT2D eigenvalue weighted by molar-refractivity contribution is 6.07. The first kappa shape index (κ1) is 18.1. The first-order valence-corrected chi connectivity index (χ1v) is 10.5. The molecule has 0 spiro atoms. The van der Waals surface area contributed by atoms with E-state index in [1.54, 1.807) is 0 Å². The Balaban J connectivity index is 1.59. The maximum atomic E-state index is 13.5. The second-order valence-electron chi connectivity index (χ2n) is 8.21. The first-order valence-electron chi connectivity index (χ1n) is 10.5. The van der Waals surface area contributed by atoms with Crippen molar-refractivity contribution in [2.75, 3.05) is 6.54 Å². The topological polar surface area (TPSA) is 49.0 Å². The van der Waals surface area contributed by atoms with Crippen molar-refractivity contribution in [3.63, 3.8) is 0 Å². The molecule has 0 aliphatic heterocycles. The van der Waals surface area contributed by atoms with Crippen LogP contribution in [0.25, 0.3) is 10.9 Å². The Morgan fingerprint density at radius 1 is 1.15 bits per heavy atom. The normalized spacial score (nSPS) is 17.7. The number of nitriles is 1. The van der Waals surface area contributed by atoms with Gasteiger partial charge in [0, 0.05) is 42.7 Å². The predicted molar refractivity (Wildman–Crippen MR) is 107 cm³/mol. The molecule has 1 aromatic heterocycles. The smallest absolute Gasteiger partial charge is 0.256 e. The van der Waals surface area contributed by atoms with E-state index < -0.39 is 0 Å². The van der Waals surface area contributed by atoms with Crippen LogP contribution < -0.4 is 0 Å². The third kappa shape index (κ3) is 4.03. The number of benzene rings is 1. The minimum absolute atomic E-state index is 0.207. The summed E-state index contributed by atoms with van der Waals surface area (Å²) in [5.74, 6) is 0.880. The lowest BCUT2D eigenvalue weighted by Crippen LogP contribution is -2.37. The summed E-state index contributed by atoms with van der Waals surface area (Å²) in [6.07, 6.45) is 12.2. The highest BCUT2D eigenvalue weighted by atomic mass is 16.2. The zero-order chi connectivity index (χ0) is 18.6. The first-order chi connectivity index (χ1) is 13.3. The number of rotatable bonds is 7. The van der Waals surface area contributed by atoms with Gasteiger partial charge in [0.1, 0.15) is 0 Å². The van der Waals surface area contributed by atoms with Crippen LogP contribution in [0.2, 0.25) is 0 Å². The Bertz CT molecular complexity index is 837. The van der Waals surface area contributed by atoms with Gasteiger partial charge in [0.2, 0.25) is 0 Å². The molecule has 2 aliphatic rings. The number of para-hydroxylation sites is 1. The second kappa shape index (κ2) is 8.17. The van der Waals surface area contributed by atoms with E-state index in [-0.39, 0.29) is 5.91 Å². The summed E-state index contributed by atoms with van der Waals surface area (Å²) >= 11 is 0. The average Bonchev–Trinajstić information content (AvgIpc) is 3.48. The van der Waals surface area contributed by atoms with Crippen LogP contribution in [0.1, 0.15) is 68.1 Å². The fourth-order valence-electron chi connectivity index (χ4n) is 4.52. The van der Waals surface area contributed by atoms with E-state index in [1.807, 2.05) is 18.3 Å². The molecule has 4 nitrogen and oxygen atoms in total. The number of nitrogens with zero attached hydrogens (tertiary/aromatic N) is 3. The molecule has 2 aromatic rings. The van der Waals surface area contributed by atoms with Crippen LogP contribution in [0.15, 0.2) is 30.5 Å². The SMILES string of the molecule is N#CCCCn1cc(C(=O)N(CC2CCCCC2)C2CC2)c2ccccc21. The molecule has 0 bridgehead atoms. The molecule has 27 heavy (non-hydrogen) atoms. The average molecular weight is 364 g/mol. The van der Waals surface area contributed by atoms with E-state index in [0.29, 0.717) is 18.4 Å². The Hall–Kier alpha value is -2.28. The highest BCUT2D eigenvalue weighted by Crippen LogP contribution is 2.34. The van der Waals surface area contributed by atoms with E-state index in [1.165, 1.54) is 32.1 Å². The molecule has 0 saturated heterocycles. The van der Waals surface area contributed by atoms with Crippen molar-refractivity contribution in [3.05, 3.63) is 36.0 Å². The molecule has 0 N–H and O–H groups in total. The quantitative estimate of drug-likeness (QED) is 0.640. The molecule has 4 heteroatoms. The van der Waals surface area contributed by atoms with Crippen LogP contribution in [0.4, 0.5) is 0 Å². The summed E-state index contributed by atoms with van der Waals surface area (Å²) in [7, 11) is 0. The lowest BCUT2D eigenvalue weighted by Gasteiger charge is -2.30. The maximum absolute atomic E-state index is 13.5. The molecular weight excluding hydrogens is 334 g/mol. The molecule has 0 radical (unpaired) electrons. The number of aromatic nitrogens is 1. The highest BCUT2D eigenvalue weighted by Gasteiger charge is 2.35. The van der Waals surface area contributed by atoms with Crippen molar-refractivity contribution in [2.24, 2.45) is 5.92 Å². The van der Waals surface area contributed by atoms with Gasteiger partial charge in [-0.2, -0.15) is 5.26 Å². The molecule has 1 aromatic carbocycles. The molecule has 142 valence electrons. The van der Waals surface area contributed by atoms with Crippen molar-refractivity contribution in [3.8, 4) is 6.07 Å². The van der Waals surface area contributed by atoms with Gasteiger partial charge in [-0.1, -0.05) is 37.5 Å². The minimum atomic E-state index is 0.207. The Morgan fingerprint density at radius 3 is 2.67 bits per heavy atom. The van der Waals surface area contributed by atoms with Crippen molar-refractivity contribution in [2.45, 2.75) is 70.4 Å². The maximum Gasteiger partial charge on any atom is 0.256 e. The lowest BCUT2D eigenvalue weighted by atomic mass is 9.88. The van der Waals surface area contributed by atoms with Gasteiger partial charge in [0.05, 0.1) is 11.6 Å². The van der Waals surface area contributed by atoms with E-state index in [0.717, 1.165) is 48.8 Å². The fourth-order valence-corrected chi connectivity index (χ4v) is 4.52. The molecule has 2 aliphatic carbocycles. The van der Waals surface area contributed by atoms with Gasteiger partial charge >= 0.3 is 0 Å². The lowest BCUT2D eigenvalue weighted by molar-refractivity contribution is 0.0700. The van der Waals surface area contributed by atoms with E-state index >= 15 is 0 Å². The summed E-state index contributed by atoms with van der Waals surface area (Å²) in [6.45, 7) is 1.71. The third-order valence-corrected chi connectivity index (χ3v) is 6.13. The van der Waals surface area contributed by atoms with Gasteiger partial charge in [0.15, 0.2) is 0 Å². The van der Waals surface area contributed by atoms with Crippen LogP contribution in [-0.4, -0.2) is 28.0 Å². The summed E-state index contributed by atoms with van der Waals surface area (Å²) in [4.78, 5) is 15.7. The van der Waals surface area contributed by atoms with Gasteiger partial charge in [-0.05, 0) is 44.1 Å². The van der Waals surface area contributed by atoms with Gasteiger partial charge in [-0.15, -0.1) is 0 Å². The molecule has 2 fully saturated rings. The number of amides is 1. The third-order valence-electron chi connectivity index (χ3n) is 6.13. The zero-order valence-corrected chi connectivity index (χ0v) is 16.1. The minimum Gasteiger partial charge on any atom is -0.347 e. The number of carbonyl (C=O) groups is 1. The van der Waals surface area contributed by atoms with Gasteiger partial charge in [0.25, 0.3) is 5.91 Å². The van der Waals surface area contributed by atoms with Crippen LogP contribution >= 0.6 is 0 Å². The molecule has 1 amide bonds. The van der Waals surface area contributed by atoms with Gasteiger partial charge in [-0.25, -0.2) is 0 Å². The molecule has 2 saturated carbocycles. The number of fused-ring (bicyclic) bond motifs is 1. The molecule has 4 rings (SSSR count). The molecule has 1 heterocycles. The van der Waals surface area contributed by atoms with E-state index in [2.05, 4.69) is 27.7 Å². The molecular formula is C23H29N3O. The predicted octanol–water partition coefficient (Wildman–Crippen LogP) is 5.13. The van der Waals surface area contributed by atoms with Crippen LogP contribution in [0.3, 0.4) is 0 Å². The number of aryl methyl sites for hydroxylation is 1. The summed E-state index contributed by atoms with van der Waals surface area (Å²) in [6, 6.07) is 10.8. The van der Waals surface area contributed by atoms with Crippen LogP contribution in [0, 0.1) is 17.2 Å². The standard InChI is InChI=1S/C23H29N3O/c24-14-6-7-15-25-17-21(20-10-4-5-11-22(20)25)23(27)26(19-12-13-19)16-18-8-2-1-3-9-18/h4-5,10-11,17-19H,1-3,6-9,12-13,15-16H2. The summed E-state index contributed by atoms with van der Waals surface area (Å²) in [5.41, 5.74) is 1.94. The van der Waals surface area contributed by atoms with Gasteiger partial charge in [-0.3, -0.25) is 4.79 Å². The Morgan fingerprint density at radius 2 is 1.93 bits per heavy atom. The zero-order valence-electron chi connectivity index (χ0n) is 16.1. The molecule has 0 atom stereocenters. The van der Waals surface area contributed by atoms with Crippen molar-refractivity contribution >= 4 is 16.8 Å². The number of carbonyl (C=O) groups excluding carboxylic acids is 1. The number of unbranched alkanes of at least 4 members (excludes halogenated alkanes) is 1. The van der Waals surface area contributed by atoms with Gasteiger partial charge < -0.3 is 9.47 Å². The Kier molecular flexibility index (Phi) is 5.48. The fraction of sp³-hybridized carbons (Fsp3) is 0.565. The van der Waals surface area contributed by atoms with Crippen molar-refractivity contribution < 1.29 is 4.79 Å². The van der Waals surface area contributed by atoms with Crippen LogP contribution in [0.5, 0.6) is 0 Å². The second-order valence-corrected chi connectivity index (χ2v) is 8.21. The molecule has 0 unspecified atom stereocenters. The largest absolute Gasteiger partial charge is 0.347 e. The van der Waals surface area contributed by atoms with E-state index in [4.69, 9.17) is 5.26 Å². The van der Waals surface area contributed by atoms with Crippen LogP contribution in [-0.2, 0) is 6.54 Å². The van der Waals surface area contributed by atoms with Crippen molar-refractivity contribution in [1.82, 2.24) is 9.47 Å².